The number of nitrogens with zero attached hydrogens (tertiary/aromatic N) is 4. The molecule has 1 atom stereocenters. The standard InChI is InChI=1S/C16H14N6O3/c23-15(10-3-1-9(2-4-10)14-19-8-20-21-14)22-6-5-11-12(18-7-17-11)13(22)16(24)25/h1-4,7-8,13H,5-6H2,(H,17,18)(H,24,25)(H,19,20,21). The van der Waals surface area contributed by atoms with Gasteiger partial charge in [-0.05, 0) is 12.1 Å². The van der Waals surface area contributed by atoms with Crippen LogP contribution in [0.1, 0.15) is 27.8 Å². The minimum absolute atomic E-state index is 0.314. The van der Waals surface area contributed by atoms with E-state index in [1.807, 2.05) is 0 Å². The van der Waals surface area contributed by atoms with Crippen molar-refractivity contribution in [3.05, 3.63) is 53.9 Å². The van der Waals surface area contributed by atoms with Crippen LogP contribution in [0.3, 0.4) is 0 Å². The van der Waals surface area contributed by atoms with Crippen molar-refractivity contribution in [3.63, 3.8) is 0 Å². The lowest BCUT2D eigenvalue weighted by atomic mass is 10.0. The van der Waals surface area contributed by atoms with Gasteiger partial charge in [0.15, 0.2) is 11.9 Å². The van der Waals surface area contributed by atoms with Gasteiger partial charge in [-0.3, -0.25) is 9.89 Å². The Kier molecular flexibility index (Phi) is 3.53. The summed E-state index contributed by atoms with van der Waals surface area (Å²) in [5.74, 6) is -0.841. The van der Waals surface area contributed by atoms with Crippen LogP contribution < -0.4 is 0 Å². The summed E-state index contributed by atoms with van der Waals surface area (Å²) in [6.07, 6.45) is 3.41. The first-order valence-corrected chi connectivity index (χ1v) is 7.67. The molecule has 2 aromatic heterocycles. The number of amides is 1. The number of aliphatic carboxylic acids is 1. The van der Waals surface area contributed by atoms with E-state index < -0.39 is 12.0 Å². The Balaban J connectivity index is 1.63. The molecule has 4 rings (SSSR count). The lowest BCUT2D eigenvalue weighted by Gasteiger charge is -2.32. The summed E-state index contributed by atoms with van der Waals surface area (Å²) >= 11 is 0. The number of benzene rings is 1. The lowest BCUT2D eigenvalue weighted by molar-refractivity contribution is -0.143. The van der Waals surface area contributed by atoms with Crippen LogP contribution in [-0.4, -0.2) is 53.6 Å². The van der Waals surface area contributed by atoms with Gasteiger partial charge in [0.05, 0.1) is 12.0 Å². The minimum atomic E-state index is -1.10. The number of carboxylic acids is 1. The quantitative estimate of drug-likeness (QED) is 0.654. The molecule has 3 N–H and O–H groups in total. The van der Waals surface area contributed by atoms with Crippen LogP contribution in [0.15, 0.2) is 36.9 Å². The van der Waals surface area contributed by atoms with Gasteiger partial charge in [-0.25, -0.2) is 14.8 Å². The molecule has 3 heterocycles. The fourth-order valence-corrected chi connectivity index (χ4v) is 3.03. The predicted octanol–water partition coefficient (Wildman–Crippen LogP) is 1.02. The van der Waals surface area contributed by atoms with Gasteiger partial charge in [0.2, 0.25) is 0 Å². The van der Waals surface area contributed by atoms with Crippen LogP contribution in [0.25, 0.3) is 11.4 Å². The molecular weight excluding hydrogens is 324 g/mol. The average Bonchev–Trinajstić information content (AvgIpc) is 3.31. The van der Waals surface area contributed by atoms with Gasteiger partial charge < -0.3 is 15.0 Å². The third-order valence-corrected chi connectivity index (χ3v) is 4.24. The monoisotopic (exact) mass is 338 g/mol. The third-order valence-electron chi connectivity index (χ3n) is 4.24. The molecule has 1 aliphatic heterocycles. The molecule has 25 heavy (non-hydrogen) atoms. The van der Waals surface area contributed by atoms with E-state index in [2.05, 4.69) is 25.1 Å². The van der Waals surface area contributed by atoms with Crippen molar-refractivity contribution in [2.24, 2.45) is 0 Å². The second-order valence-corrected chi connectivity index (χ2v) is 5.67. The number of imidazole rings is 1. The fourth-order valence-electron chi connectivity index (χ4n) is 3.03. The molecule has 1 aromatic carbocycles. The van der Waals surface area contributed by atoms with E-state index in [1.54, 1.807) is 24.3 Å². The van der Waals surface area contributed by atoms with Gasteiger partial charge in [0, 0.05) is 29.8 Å². The normalized spacial score (nSPS) is 16.5. The second-order valence-electron chi connectivity index (χ2n) is 5.67. The van der Waals surface area contributed by atoms with Crippen LogP contribution in [0.5, 0.6) is 0 Å². The van der Waals surface area contributed by atoms with Crippen LogP contribution in [0.2, 0.25) is 0 Å². The SMILES string of the molecule is O=C(O)C1c2nc[nH]c2CCN1C(=O)c1ccc(-c2ncn[nH]2)cc1. The maximum absolute atomic E-state index is 12.8. The first-order chi connectivity index (χ1) is 12.1. The molecule has 0 radical (unpaired) electrons. The highest BCUT2D eigenvalue weighted by Crippen LogP contribution is 2.29. The smallest absolute Gasteiger partial charge is 0.332 e. The number of carbonyl (C=O) groups is 2. The van der Waals surface area contributed by atoms with E-state index >= 15 is 0 Å². The largest absolute Gasteiger partial charge is 0.479 e. The number of rotatable bonds is 3. The molecule has 1 amide bonds. The van der Waals surface area contributed by atoms with Crippen molar-refractivity contribution < 1.29 is 14.7 Å². The lowest BCUT2D eigenvalue weighted by Crippen LogP contribution is -2.43. The third kappa shape index (κ3) is 2.55. The number of H-pyrrole nitrogens is 2. The summed E-state index contributed by atoms with van der Waals surface area (Å²) in [6, 6.07) is 5.70. The Bertz CT molecular complexity index is 916. The van der Waals surface area contributed by atoms with E-state index in [-0.39, 0.29) is 5.91 Å². The average molecular weight is 338 g/mol. The summed E-state index contributed by atoms with van der Waals surface area (Å²) < 4.78 is 0. The number of carbonyl (C=O) groups excluding carboxylic acids is 1. The Morgan fingerprint density at radius 1 is 1.20 bits per heavy atom. The fraction of sp³-hybridized carbons (Fsp3) is 0.188. The Morgan fingerprint density at radius 2 is 2.00 bits per heavy atom. The molecule has 3 aromatic rings. The first-order valence-electron chi connectivity index (χ1n) is 7.67. The van der Waals surface area contributed by atoms with Crippen LogP contribution in [-0.2, 0) is 11.2 Å². The number of carboxylic acid groups (broad SMARTS) is 1. The highest BCUT2D eigenvalue weighted by Gasteiger charge is 2.38. The highest BCUT2D eigenvalue weighted by atomic mass is 16.4. The maximum Gasteiger partial charge on any atom is 0.332 e. The summed E-state index contributed by atoms with van der Waals surface area (Å²) in [4.78, 5) is 37.0. The molecule has 0 saturated heterocycles. The van der Waals surface area contributed by atoms with Crippen molar-refractivity contribution in [1.29, 1.82) is 0 Å². The van der Waals surface area contributed by atoms with Crippen molar-refractivity contribution >= 4 is 11.9 Å². The molecule has 1 aliphatic rings. The van der Waals surface area contributed by atoms with E-state index in [9.17, 15) is 14.7 Å². The Hall–Kier alpha value is -3.49. The molecule has 1 unspecified atom stereocenters. The zero-order valence-corrected chi connectivity index (χ0v) is 13.0. The van der Waals surface area contributed by atoms with E-state index in [4.69, 9.17) is 0 Å². The number of aromatic nitrogens is 5. The van der Waals surface area contributed by atoms with Crippen molar-refractivity contribution in [2.45, 2.75) is 12.5 Å². The van der Waals surface area contributed by atoms with Gasteiger partial charge in [-0.15, -0.1) is 0 Å². The van der Waals surface area contributed by atoms with Crippen LogP contribution >= 0.6 is 0 Å². The van der Waals surface area contributed by atoms with Crippen LogP contribution in [0, 0.1) is 0 Å². The number of nitrogens with one attached hydrogen (secondary N) is 2. The topological polar surface area (TPSA) is 128 Å². The van der Waals surface area contributed by atoms with Crippen molar-refractivity contribution in [3.8, 4) is 11.4 Å². The highest BCUT2D eigenvalue weighted by molar-refractivity contribution is 5.97. The summed E-state index contributed by atoms with van der Waals surface area (Å²) in [5.41, 5.74) is 2.35. The van der Waals surface area contributed by atoms with Crippen LogP contribution in [0.4, 0.5) is 0 Å². The molecule has 9 nitrogen and oxygen atoms in total. The van der Waals surface area contributed by atoms with Crippen molar-refractivity contribution in [1.82, 2.24) is 30.0 Å². The van der Waals surface area contributed by atoms with Gasteiger partial charge >= 0.3 is 5.97 Å². The Morgan fingerprint density at radius 3 is 2.68 bits per heavy atom. The van der Waals surface area contributed by atoms with Crippen molar-refractivity contribution in [2.75, 3.05) is 6.54 Å². The van der Waals surface area contributed by atoms with Gasteiger partial charge in [0.1, 0.15) is 6.33 Å². The molecule has 0 fully saturated rings. The van der Waals surface area contributed by atoms with E-state index in [1.165, 1.54) is 17.6 Å². The maximum atomic E-state index is 12.8. The molecule has 0 spiro atoms. The number of hydrogen-bond acceptors (Lipinski definition) is 5. The van der Waals surface area contributed by atoms with E-state index in [0.717, 1.165) is 11.3 Å². The van der Waals surface area contributed by atoms with Gasteiger partial charge in [-0.2, -0.15) is 5.10 Å². The minimum Gasteiger partial charge on any atom is -0.479 e. The predicted molar refractivity (Wildman–Crippen MR) is 85.5 cm³/mol. The molecule has 9 heteroatoms. The number of hydrogen-bond donors (Lipinski definition) is 3. The molecular formula is C16H14N6O3. The summed E-state index contributed by atoms with van der Waals surface area (Å²) in [5, 5.41) is 16.1. The van der Waals surface area contributed by atoms with Gasteiger partial charge in [-0.1, -0.05) is 12.1 Å². The molecule has 0 saturated carbocycles. The second kappa shape index (κ2) is 5.86. The Labute approximate surface area is 141 Å². The van der Waals surface area contributed by atoms with E-state index in [0.29, 0.717) is 30.0 Å². The van der Waals surface area contributed by atoms with Gasteiger partial charge in [0.25, 0.3) is 5.91 Å². The number of aromatic amines is 2. The zero-order chi connectivity index (χ0) is 17.4. The summed E-state index contributed by atoms with van der Waals surface area (Å²) in [7, 11) is 0. The number of fused-ring (bicyclic) bond motifs is 1. The molecule has 0 bridgehead atoms. The summed E-state index contributed by atoms with van der Waals surface area (Å²) in [6.45, 7) is 0.314. The first kappa shape index (κ1) is 15.1. The molecule has 0 aliphatic carbocycles. The molecule has 126 valence electrons. The zero-order valence-electron chi connectivity index (χ0n) is 13.0.